The Balaban J connectivity index is 2.90. The predicted molar refractivity (Wildman–Crippen MR) is 64.1 cm³/mol. The van der Waals surface area contributed by atoms with Crippen molar-refractivity contribution >= 4 is 11.6 Å². The van der Waals surface area contributed by atoms with E-state index in [9.17, 15) is 4.39 Å². The monoisotopic (exact) mass is 245 g/mol. The first kappa shape index (κ1) is 13.4. The molecule has 0 heterocycles. The molecule has 0 aliphatic rings. The van der Waals surface area contributed by atoms with Crippen molar-refractivity contribution in [3.05, 3.63) is 34.6 Å². The summed E-state index contributed by atoms with van der Waals surface area (Å²) in [5.74, 6) is -0.381. The number of halogens is 2. The number of benzene rings is 1. The number of nitrogens with one attached hydrogen (secondary N) is 1. The van der Waals surface area contributed by atoms with Crippen LogP contribution in [0.4, 0.5) is 4.39 Å². The second kappa shape index (κ2) is 6.18. The predicted octanol–water partition coefficient (Wildman–Crippen LogP) is 2.90. The number of hydrogen-bond donors (Lipinski definition) is 2. The zero-order valence-electron chi connectivity index (χ0n) is 9.50. The molecule has 16 heavy (non-hydrogen) atoms. The molecule has 4 heteroatoms. The second-order valence-corrected chi connectivity index (χ2v) is 4.26. The lowest BCUT2D eigenvalue weighted by atomic mass is 10.0. The first-order chi connectivity index (χ1) is 7.60. The molecule has 0 aliphatic carbocycles. The quantitative estimate of drug-likeness (QED) is 0.836. The third-order valence-electron chi connectivity index (χ3n) is 2.52. The van der Waals surface area contributed by atoms with E-state index in [1.807, 2.05) is 13.8 Å². The molecule has 0 saturated carbocycles. The molecule has 2 unspecified atom stereocenters. The third-order valence-corrected chi connectivity index (χ3v) is 2.82. The van der Waals surface area contributed by atoms with E-state index >= 15 is 0 Å². The topological polar surface area (TPSA) is 32.3 Å². The van der Waals surface area contributed by atoms with E-state index in [1.165, 1.54) is 6.07 Å². The highest BCUT2D eigenvalue weighted by molar-refractivity contribution is 6.30. The molecule has 1 rings (SSSR count). The normalized spacial score (nSPS) is 14.8. The van der Waals surface area contributed by atoms with E-state index in [0.29, 0.717) is 5.56 Å². The molecule has 1 aromatic rings. The van der Waals surface area contributed by atoms with Gasteiger partial charge in [-0.25, -0.2) is 4.39 Å². The molecule has 0 bridgehead atoms. The zero-order valence-corrected chi connectivity index (χ0v) is 10.3. The van der Waals surface area contributed by atoms with E-state index in [-0.39, 0.29) is 29.5 Å². The Kier molecular flexibility index (Phi) is 5.19. The molecule has 90 valence electrons. The van der Waals surface area contributed by atoms with Crippen molar-refractivity contribution in [3.8, 4) is 0 Å². The molecule has 2 nitrogen and oxygen atoms in total. The molecule has 0 saturated heterocycles. The highest BCUT2D eigenvalue weighted by Crippen LogP contribution is 2.25. The highest BCUT2D eigenvalue weighted by atomic mass is 35.5. The summed E-state index contributed by atoms with van der Waals surface area (Å²) in [6.07, 6.45) is 0.738. The van der Waals surface area contributed by atoms with Crippen LogP contribution in [-0.4, -0.2) is 17.8 Å². The van der Waals surface area contributed by atoms with Crippen LogP contribution in [0.5, 0.6) is 0 Å². The summed E-state index contributed by atoms with van der Waals surface area (Å²) in [7, 11) is 0. The molecule has 2 N–H and O–H groups in total. The molecular formula is C12H17ClFNO. The minimum absolute atomic E-state index is 0.0265. The first-order valence-corrected chi connectivity index (χ1v) is 5.78. The Morgan fingerprint density at radius 2 is 2.19 bits per heavy atom. The Morgan fingerprint density at radius 3 is 2.75 bits per heavy atom. The number of rotatable bonds is 5. The van der Waals surface area contributed by atoms with Crippen molar-refractivity contribution in [2.75, 3.05) is 6.61 Å². The second-order valence-electron chi connectivity index (χ2n) is 3.85. The van der Waals surface area contributed by atoms with Gasteiger partial charge in [0.05, 0.1) is 11.6 Å². The van der Waals surface area contributed by atoms with Gasteiger partial charge in [0.25, 0.3) is 0 Å². The molecular weight excluding hydrogens is 229 g/mol. The van der Waals surface area contributed by atoms with Gasteiger partial charge < -0.3 is 10.4 Å². The van der Waals surface area contributed by atoms with Crippen LogP contribution in [0.1, 0.15) is 31.9 Å². The maximum absolute atomic E-state index is 13.8. The Labute approximate surface area is 100 Å². The average molecular weight is 246 g/mol. The van der Waals surface area contributed by atoms with Crippen LogP contribution in [0.25, 0.3) is 0 Å². The average Bonchev–Trinajstić information content (AvgIpc) is 2.29. The van der Waals surface area contributed by atoms with Crippen LogP contribution in [0.15, 0.2) is 18.2 Å². The summed E-state index contributed by atoms with van der Waals surface area (Å²) in [5.41, 5.74) is 0.551. The molecule has 0 radical (unpaired) electrons. The largest absolute Gasteiger partial charge is 0.395 e. The minimum Gasteiger partial charge on any atom is -0.395 e. The van der Waals surface area contributed by atoms with Crippen LogP contribution >= 0.6 is 11.6 Å². The molecule has 2 atom stereocenters. The van der Waals surface area contributed by atoms with Crippen molar-refractivity contribution in [1.82, 2.24) is 5.32 Å². The summed E-state index contributed by atoms with van der Waals surface area (Å²) >= 11 is 5.73. The minimum atomic E-state index is -0.381. The van der Waals surface area contributed by atoms with Crippen LogP contribution in [-0.2, 0) is 0 Å². The van der Waals surface area contributed by atoms with Gasteiger partial charge in [0.1, 0.15) is 5.82 Å². The highest BCUT2D eigenvalue weighted by Gasteiger charge is 2.17. The Bertz CT molecular complexity index is 346. The van der Waals surface area contributed by atoms with Gasteiger partial charge in [-0.1, -0.05) is 30.7 Å². The first-order valence-electron chi connectivity index (χ1n) is 5.41. The van der Waals surface area contributed by atoms with Gasteiger partial charge >= 0.3 is 0 Å². The van der Waals surface area contributed by atoms with E-state index in [1.54, 1.807) is 12.1 Å². The van der Waals surface area contributed by atoms with Gasteiger partial charge in [0.2, 0.25) is 0 Å². The lowest BCUT2D eigenvalue weighted by molar-refractivity contribution is 0.238. The fourth-order valence-corrected chi connectivity index (χ4v) is 1.80. The molecule has 0 fully saturated rings. The lowest BCUT2D eigenvalue weighted by Gasteiger charge is -2.22. The van der Waals surface area contributed by atoms with Gasteiger partial charge in [-0.15, -0.1) is 0 Å². The summed E-state index contributed by atoms with van der Waals surface area (Å²) in [6, 6.07) is 4.79. The van der Waals surface area contributed by atoms with Crippen molar-refractivity contribution in [3.63, 3.8) is 0 Å². The van der Waals surface area contributed by atoms with Crippen LogP contribution in [0.3, 0.4) is 0 Å². The lowest BCUT2D eigenvalue weighted by Crippen LogP contribution is -2.33. The number of aliphatic hydroxyl groups excluding tert-OH is 1. The summed E-state index contributed by atoms with van der Waals surface area (Å²) in [5, 5.41) is 12.3. The number of aliphatic hydroxyl groups is 1. The summed E-state index contributed by atoms with van der Waals surface area (Å²) < 4.78 is 13.8. The van der Waals surface area contributed by atoms with Crippen LogP contribution in [0.2, 0.25) is 5.02 Å². The molecule has 1 aromatic carbocycles. The maximum atomic E-state index is 13.8. The van der Waals surface area contributed by atoms with Gasteiger partial charge in [-0.2, -0.15) is 0 Å². The van der Waals surface area contributed by atoms with Crippen molar-refractivity contribution < 1.29 is 9.50 Å². The third kappa shape index (κ3) is 3.17. The van der Waals surface area contributed by atoms with Crippen molar-refractivity contribution in [1.29, 1.82) is 0 Å². The van der Waals surface area contributed by atoms with E-state index in [0.717, 1.165) is 6.42 Å². The fraction of sp³-hybridized carbons (Fsp3) is 0.500. The molecule has 0 spiro atoms. The standard InChI is InChI=1S/C12H17ClFNO/c1-3-11(15-8(2)7-16)9-5-4-6-10(13)12(9)14/h4-6,8,11,15-16H,3,7H2,1-2H3. The van der Waals surface area contributed by atoms with Crippen LogP contribution < -0.4 is 5.32 Å². The van der Waals surface area contributed by atoms with Gasteiger partial charge in [0, 0.05) is 17.6 Å². The molecule has 0 aromatic heterocycles. The van der Waals surface area contributed by atoms with Gasteiger partial charge in [-0.05, 0) is 19.4 Å². The maximum Gasteiger partial charge on any atom is 0.146 e. The molecule has 0 aliphatic heterocycles. The Morgan fingerprint density at radius 1 is 1.50 bits per heavy atom. The van der Waals surface area contributed by atoms with Crippen molar-refractivity contribution in [2.45, 2.75) is 32.4 Å². The fourth-order valence-electron chi connectivity index (χ4n) is 1.61. The van der Waals surface area contributed by atoms with E-state index < -0.39 is 0 Å². The van der Waals surface area contributed by atoms with E-state index in [2.05, 4.69) is 5.32 Å². The number of hydrogen-bond acceptors (Lipinski definition) is 2. The Hall–Kier alpha value is -0.640. The van der Waals surface area contributed by atoms with Gasteiger partial charge in [-0.3, -0.25) is 0 Å². The zero-order chi connectivity index (χ0) is 12.1. The van der Waals surface area contributed by atoms with E-state index in [4.69, 9.17) is 16.7 Å². The molecule has 0 amide bonds. The van der Waals surface area contributed by atoms with Gasteiger partial charge in [0.15, 0.2) is 0 Å². The SMILES string of the molecule is CCC(NC(C)CO)c1cccc(Cl)c1F. The smallest absolute Gasteiger partial charge is 0.146 e. The van der Waals surface area contributed by atoms with Crippen molar-refractivity contribution in [2.24, 2.45) is 0 Å². The summed E-state index contributed by atoms with van der Waals surface area (Å²) in [4.78, 5) is 0. The van der Waals surface area contributed by atoms with Crippen LogP contribution in [0, 0.1) is 5.82 Å². The summed E-state index contributed by atoms with van der Waals surface area (Å²) in [6.45, 7) is 3.84.